The van der Waals surface area contributed by atoms with Gasteiger partial charge in [-0.2, -0.15) is 0 Å². The zero-order valence-electron chi connectivity index (χ0n) is 11.3. The highest BCUT2D eigenvalue weighted by Gasteiger charge is 2.13. The summed E-state index contributed by atoms with van der Waals surface area (Å²) in [5.74, 6) is 0.237. The van der Waals surface area contributed by atoms with E-state index in [9.17, 15) is 4.79 Å². The van der Waals surface area contributed by atoms with Gasteiger partial charge in [0.15, 0.2) is 0 Å². The van der Waals surface area contributed by atoms with Gasteiger partial charge >= 0.3 is 0 Å². The van der Waals surface area contributed by atoms with Crippen LogP contribution in [0.1, 0.15) is 17.3 Å². The van der Waals surface area contributed by atoms with E-state index in [0.717, 1.165) is 4.47 Å². The molecule has 0 aliphatic carbocycles. The van der Waals surface area contributed by atoms with Crippen LogP contribution in [0.4, 0.5) is 11.4 Å². The molecule has 6 heteroatoms. The summed E-state index contributed by atoms with van der Waals surface area (Å²) in [6.45, 7) is 2.36. The molecule has 0 atom stereocenters. The van der Waals surface area contributed by atoms with Crippen molar-refractivity contribution in [3.63, 3.8) is 0 Å². The van der Waals surface area contributed by atoms with Crippen LogP contribution < -0.4 is 15.8 Å². The maximum absolute atomic E-state index is 12.3. The lowest BCUT2D eigenvalue weighted by atomic mass is 10.1. The minimum Gasteiger partial charge on any atom is -0.492 e. The molecule has 0 spiro atoms. The molecule has 2 rings (SSSR count). The lowest BCUT2D eigenvalue weighted by Crippen LogP contribution is -2.15. The van der Waals surface area contributed by atoms with Crippen molar-refractivity contribution >= 4 is 44.8 Å². The smallest absolute Gasteiger partial charge is 0.257 e. The Balaban J connectivity index is 2.31. The fraction of sp³-hybridized carbons (Fsp3) is 0.133. The van der Waals surface area contributed by atoms with Crippen LogP contribution in [0.25, 0.3) is 0 Å². The molecule has 0 heterocycles. The van der Waals surface area contributed by atoms with E-state index in [1.807, 2.05) is 6.92 Å². The molecule has 2 aromatic carbocycles. The number of nitrogens with two attached hydrogens (primary N) is 1. The zero-order valence-corrected chi connectivity index (χ0v) is 13.7. The van der Waals surface area contributed by atoms with Gasteiger partial charge in [0.2, 0.25) is 0 Å². The molecule has 110 valence electrons. The minimum atomic E-state index is -0.322. The first-order valence-electron chi connectivity index (χ1n) is 6.30. The lowest BCUT2D eigenvalue weighted by Gasteiger charge is -2.13. The average molecular weight is 370 g/mol. The van der Waals surface area contributed by atoms with E-state index in [2.05, 4.69) is 21.2 Å². The van der Waals surface area contributed by atoms with Gasteiger partial charge in [-0.1, -0.05) is 27.5 Å². The number of carbonyl (C=O) groups excluding carboxylic acids is 1. The maximum Gasteiger partial charge on any atom is 0.257 e. The highest BCUT2D eigenvalue weighted by atomic mass is 79.9. The molecule has 1 amide bonds. The van der Waals surface area contributed by atoms with Crippen LogP contribution in [0.2, 0.25) is 5.02 Å². The van der Waals surface area contributed by atoms with Crippen molar-refractivity contribution in [2.24, 2.45) is 0 Å². The molecule has 0 aromatic heterocycles. The summed E-state index contributed by atoms with van der Waals surface area (Å²) in [5.41, 5.74) is 7.12. The van der Waals surface area contributed by atoms with Crippen molar-refractivity contribution in [2.45, 2.75) is 6.92 Å². The van der Waals surface area contributed by atoms with Gasteiger partial charge in [0, 0.05) is 15.2 Å². The Morgan fingerprint density at radius 1 is 1.33 bits per heavy atom. The summed E-state index contributed by atoms with van der Waals surface area (Å²) in [6.07, 6.45) is 0. The van der Waals surface area contributed by atoms with Gasteiger partial charge in [-0.05, 0) is 43.3 Å². The molecule has 0 fully saturated rings. The molecule has 0 saturated carbocycles. The first-order chi connectivity index (χ1) is 10.0. The highest BCUT2D eigenvalue weighted by Crippen LogP contribution is 2.29. The Kier molecular flexibility index (Phi) is 5.09. The van der Waals surface area contributed by atoms with Gasteiger partial charge < -0.3 is 15.8 Å². The Morgan fingerprint density at radius 2 is 2.10 bits per heavy atom. The number of halogens is 2. The predicted octanol–water partition coefficient (Wildman–Crippen LogP) is 4.34. The van der Waals surface area contributed by atoms with E-state index in [4.69, 9.17) is 22.1 Å². The van der Waals surface area contributed by atoms with E-state index in [-0.39, 0.29) is 5.91 Å². The fourth-order valence-corrected chi connectivity index (χ4v) is 2.33. The second-order valence-corrected chi connectivity index (χ2v) is 5.61. The zero-order chi connectivity index (χ0) is 15.4. The monoisotopic (exact) mass is 368 g/mol. The molecule has 0 aliphatic heterocycles. The third-order valence-electron chi connectivity index (χ3n) is 2.75. The van der Waals surface area contributed by atoms with Crippen molar-refractivity contribution in [1.82, 2.24) is 0 Å². The average Bonchev–Trinajstić information content (AvgIpc) is 2.44. The van der Waals surface area contributed by atoms with Crippen LogP contribution >= 0.6 is 27.5 Å². The van der Waals surface area contributed by atoms with Gasteiger partial charge in [-0.15, -0.1) is 0 Å². The molecule has 0 saturated heterocycles. The number of ether oxygens (including phenoxy) is 1. The topological polar surface area (TPSA) is 64.3 Å². The van der Waals surface area contributed by atoms with Crippen LogP contribution in [0.5, 0.6) is 5.75 Å². The first kappa shape index (κ1) is 15.7. The van der Waals surface area contributed by atoms with E-state index in [0.29, 0.717) is 34.3 Å². The van der Waals surface area contributed by atoms with Gasteiger partial charge in [-0.25, -0.2) is 0 Å². The molecule has 0 bridgehead atoms. The molecule has 21 heavy (non-hydrogen) atoms. The normalized spacial score (nSPS) is 10.2. The molecule has 0 aliphatic rings. The standard InChI is InChI=1S/C15H14BrClN2O2/c1-2-21-14-6-4-10(17)8-13(14)19-15(20)11-7-9(16)3-5-12(11)18/h3-8H,2,18H2,1H3,(H,19,20). The number of nitrogen functional groups attached to an aromatic ring is 1. The number of hydrogen-bond acceptors (Lipinski definition) is 3. The predicted molar refractivity (Wildman–Crippen MR) is 89.1 cm³/mol. The van der Waals surface area contributed by atoms with Gasteiger partial charge in [0.1, 0.15) is 5.75 Å². The third kappa shape index (κ3) is 3.89. The summed E-state index contributed by atoms with van der Waals surface area (Å²) < 4.78 is 6.24. The molecule has 4 nitrogen and oxygen atoms in total. The summed E-state index contributed by atoms with van der Waals surface area (Å²) in [6, 6.07) is 10.2. The van der Waals surface area contributed by atoms with Crippen LogP contribution in [0, 0.1) is 0 Å². The number of anilines is 2. The summed E-state index contributed by atoms with van der Waals surface area (Å²) in [7, 11) is 0. The molecular weight excluding hydrogens is 356 g/mol. The van der Waals surface area contributed by atoms with Crippen molar-refractivity contribution in [2.75, 3.05) is 17.7 Å². The van der Waals surface area contributed by atoms with Gasteiger partial charge in [0.25, 0.3) is 5.91 Å². The van der Waals surface area contributed by atoms with E-state index in [1.165, 1.54) is 0 Å². The highest BCUT2D eigenvalue weighted by molar-refractivity contribution is 9.10. The van der Waals surface area contributed by atoms with E-state index < -0.39 is 0 Å². The molecule has 0 radical (unpaired) electrons. The second kappa shape index (κ2) is 6.83. The Labute approximate surface area is 136 Å². The molecule has 3 N–H and O–H groups in total. The van der Waals surface area contributed by atoms with Crippen molar-refractivity contribution < 1.29 is 9.53 Å². The third-order valence-corrected chi connectivity index (χ3v) is 3.48. The molecule has 0 unspecified atom stereocenters. The summed E-state index contributed by atoms with van der Waals surface area (Å²) in [4.78, 5) is 12.3. The fourth-order valence-electron chi connectivity index (χ4n) is 1.80. The number of hydrogen-bond donors (Lipinski definition) is 2. The maximum atomic E-state index is 12.3. The summed E-state index contributed by atoms with van der Waals surface area (Å²) in [5, 5.41) is 3.28. The van der Waals surface area contributed by atoms with Crippen LogP contribution in [-0.4, -0.2) is 12.5 Å². The SMILES string of the molecule is CCOc1ccc(Cl)cc1NC(=O)c1cc(Br)ccc1N. The Bertz CT molecular complexity index is 677. The van der Waals surface area contributed by atoms with Crippen LogP contribution in [0.15, 0.2) is 40.9 Å². The van der Waals surface area contributed by atoms with Crippen LogP contribution in [-0.2, 0) is 0 Å². The molecular formula is C15H14BrClN2O2. The van der Waals surface area contributed by atoms with E-state index >= 15 is 0 Å². The largest absolute Gasteiger partial charge is 0.492 e. The second-order valence-electron chi connectivity index (χ2n) is 4.26. The van der Waals surface area contributed by atoms with Crippen molar-refractivity contribution in [1.29, 1.82) is 0 Å². The van der Waals surface area contributed by atoms with E-state index in [1.54, 1.807) is 36.4 Å². The molecule has 2 aromatic rings. The summed E-state index contributed by atoms with van der Waals surface area (Å²) >= 11 is 9.28. The Hall–Kier alpha value is -1.72. The van der Waals surface area contributed by atoms with Crippen molar-refractivity contribution in [3.8, 4) is 5.75 Å². The van der Waals surface area contributed by atoms with Crippen molar-refractivity contribution in [3.05, 3.63) is 51.5 Å². The number of rotatable bonds is 4. The lowest BCUT2D eigenvalue weighted by molar-refractivity contribution is 0.102. The number of carbonyl (C=O) groups is 1. The quantitative estimate of drug-likeness (QED) is 0.788. The first-order valence-corrected chi connectivity index (χ1v) is 7.47. The number of nitrogens with one attached hydrogen (secondary N) is 1. The van der Waals surface area contributed by atoms with Gasteiger partial charge in [0.05, 0.1) is 17.9 Å². The number of amides is 1. The Morgan fingerprint density at radius 3 is 2.81 bits per heavy atom. The minimum absolute atomic E-state index is 0.322. The van der Waals surface area contributed by atoms with Gasteiger partial charge in [-0.3, -0.25) is 4.79 Å². The number of benzene rings is 2. The van der Waals surface area contributed by atoms with Crippen LogP contribution in [0.3, 0.4) is 0 Å².